The maximum atomic E-state index is 12.0. The largest absolute Gasteiger partial charge is 0.484 e. The second-order valence-corrected chi connectivity index (χ2v) is 7.97. The van der Waals surface area contributed by atoms with Crippen LogP contribution in [0.3, 0.4) is 0 Å². The van der Waals surface area contributed by atoms with Crippen molar-refractivity contribution in [3.05, 3.63) is 75.9 Å². The second-order valence-electron chi connectivity index (χ2n) is 6.51. The molecule has 1 aromatic carbocycles. The molecular weight excluding hydrogens is 410 g/mol. The number of primary amides is 1. The van der Waals surface area contributed by atoms with Gasteiger partial charge in [0.1, 0.15) is 22.4 Å². The average molecular weight is 428 g/mol. The third-order valence-corrected chi connectivity index (χ3v) is 6.06. The number of thiophene rings is 1. The second kappa shape index (κ2) is 7.87. The number of fused-ring (bicyclic) bond motifs is 1. The number of benzene rings is 1. The third kappa shape index (κ3) is 3.72. The van der Waals surface area contributed by atoms with Gasteiger partial charge in [-0.1, -0.05) is 29.8 Å². The predicted octanol–water partition coefficient (Wildman–Crippen LogP) is 4.45. The number of carbonyl (C=O) groups is 1. The van der Waals surface area contributed by atoms with E-state index in [9.17, 15) is 9.90 Å². The zero-order chi connectivity index (χ0) is 20.5. The van der Waals surface area contributed by atoms with E-state index in [1.54, 1.807) is 30.5 Å². The SMILES string of the molecule is CC(Oc1cc(-c2cnc3ccccn23)sc1C(N)=O)c1ccc(CO)cc1Cl. The average Bonchev–Trinajstić information content (AvgIpc) is 3.31. The lowest BCUT2D eigenvalue weighted by Gasteiger charge is -2.16. The molecule has 0 spiro atoms. The smallest absolute Gasteiger partial charge is 0.262 e. The normalized spacial score (nSPS) is 12.2. The van der Waals surface area contributed by atoms with E-state index in [-0.39, 0.29) is 6.61 Å². The molecule has 148 valence electrons. The summed E-state index contributed by atoms with van der Waals surface area (Å²) in [6.07, 6.45) is 3.24. The number of aliphatic hydroxyl groups is 1. The maximum absolute atomic E-state index is 12.0. The van der Waals surface area contributed by atoms with Crippen molar-refractivity contribution >= 4 is 34.5 Å². The minimum absolute atomic E-state index is 0.0890. The highest BCUT2D eigenvalue weighted by molar-refractivity contribution is 7.17. The molecule has 8 heteroatoms. The number of hydrogen-bond acceptors (Lipinski definition) is 5. The Morgan fingerprint density at radius 3 is 2.90 bits per heavy atom. The fourth-order valence-electron chi connectivity index (χ4n) is 3.13. The summed E-state index contributed by atoms with van der Waals surface area (Å²) < 4.78 is 8.01. The molecule has 29 heavy (non-hydrogen) atoms. The molecule has 0 saturated carbocycles. The van der Waals surface area contributed by atoms with Gasteiger partial charge in [0, 0.05) is 22.8 Å². The zero-order valence-electron chi connectivity index (χ0n) is 15.5. The number of ether oxygens (including phenoxy) is 1. The molecule has 0 radical (unpaired) electrons. The predicted molar refractivity (Wildman–Crippen MR) is 113 cm³/mol. The van der Waals surface area contributed by atoms with Gasteiger partial charge in [-0.15, -0.1) is 11.3 Å². The maximum Gasteiger partial charge on any atom is 0.262 e. The number of carbonyl (C=O) groups excluding carboxylic acids is 1. The summed E-state index contributed by atoms with van der Waals surface area (Å²) in [5.74, 6) is -0.155. The number of nitrogens with two attached hydrogens (primary N) is 1. The molecule has 4 rings (SSSR count). The Balaban J connectivity index is 1.70. The van der Waals surface area contributed by atoms with Gasteiger partial charge in [0.15, 0.2) is 0 Å². The number of amides is 1. The lowest BCUT2D eigenvalue weighted by atomic mass is 10.1. The fraction of sp³-hybridized carbons (Fsp3) is 0.143. The highest BCUT2D eigenvalue weighted by Gasteiger charge is 2.21. The monoisotopic (exact) mass is 427 g/mol. The van der Waals surface area contributed by atoms with Crippen molar-refractivity contribution in [3.8, 4) is 16.3 Å². The first-order valence-electron chi connectivity index (χ1n) is 8.90. The Bertz CT molecular complexity index is 1200. The quantitative estimate of drug-likeness (QED) is 0.475. The number of halogens is 1. The van der Waals surface area contributed by atoms with E-state index >= 15 is 0 Å². The standard InChI is InChI=1S/C21H18ClN3O3S/c1-12(14-6-5-13(11-26)8-15(14)22)28-17-9-18(29-20(17)21(23)27)16-10-24-19-4-2-3-7-25(16)19/h2-10,12,26H,11H2,1H3,(H2,23,27). The number of rotatable bonds is 6. The van der Waals surface area contributed by atoms with Crippen LogP contribution in [0.1, 0.15) is 33.8 Å². The molecule has 3 aromatic heterocycles. The summed E-state index contributed by atoms with van der Waals surface area (Å²) in [7, 11) is 0. The number of aromatic nitrogens is 2. The van der Waals surface area contributed by atoms with Crippen LogP contribution in [0.25, 0.3) is 16.2 Å². The minimum atomic E-state index is -0.556. The van der Waals surface area contributed by atoms with Gasteiger partial charge in [-0.05, 0) is 30.7 Å². The van der Waals surface area contributed by atoms with Crippen molar-refractivity contribution in [2.24, 2.45) is 5.73 Å². The Morgan fingerprint density at radius 2 is 2.17 bits per heavy atom. The lowest BCUT2D eigenvalue weighted by molar-refractivity contribution is 0.0998. The van der Waals surface area contributed by atoms with Crippen molar-refractivity contribution in [3.63, 3.8) is 0 Å². The molecule has 1 amide bonds. The fourth-order valence-corrected chi connectivity index (χ4v) is 4.43. The molecule has 0 aliphatic rings. The topological polar surface area (TPSA) is 89.9 Å². The first-order valence-corrected chi connectivity index (χ1v) is 10.1. The molecule has 6 nitrogen and oxygen atoms in total. The molecule has 3 N–H and O–H groups in total. The molecule has 0 bridgehead atoms. The van der Waals surface area contributed by atoms with Gasteiger partial charge in [-0.25, -0.2) is 4.98 Å². The third-order valence-electron chi connectivity index (χ3n) is 4.58. The Kier molecular flexibility index (Phi) is 5.27. The number of pyridine rings is 1. The summed E-state index contributed by atoms with van der Waals surface area (Å²) in [6, 6.07) is 12.8. The Labute approximate surface area is 176 Å². The van der Waals surface area contributed by atoms with Crippen molar-refractivity contribution in [2.45, 2.75) is 19.6 Å². The molecule has 1 unspecified atom stereocenters. The highest BCUT2D eigenvalue weighted by Crippen LogP contribution is 2.39. The van der Waals surface area contributed by atoms with E-state index in [0.29, 0.717) is 21.2 Å². The van der Waals surface area contributed by atoms with Crippen molar-refractivity contribution in [1.82, 2.24) is 9.38 Å². The van der Waals surface area contributed by atoms with Crippen LogP contribution < -0.4 is 10.5 Å². The lowest BCUT2D eigenvalue weighted by Crippen LogP contribution is -2.12. The van der Waals surface area contributed by atoms with Gasteiger partial charge < -0.3 is 15.6 Å². The molecule has 1 atom stereocenters. The van der Waals surface area contributed by atoms with E-state index in [4.69, 9.17) is 22.1 Å². The minimum Gasteiger partial charge on any atom is -0.484 e. The summed E-state index contributed by atoms with van der Waals surface area (Å²) in [6.45, 7) is 1.75. The molecular formula is C21H18ClN3O3S. The van der Waals surface area contributed by atoms with Crippen LogP contribution in [0.2, 0.25) is 5.02 Å². The van der Waals surface area contributed by atoms with E-state index in [1.807, 2.05) is 35.7 Å². The van der Waals surface area contributed by atoms with E-state index in [2.05, 4.69) is 4.98 Å². The van der Waals surface area contributed by atoms with Crippen LogP contribution in [-0.4, -0.2) is 20.4 Å². The Hall–Kier alpha value is -2.87. The van der Waals surface area contributed by atoms with Gasteiger partial charge >= 0.3 is 0 Å². The molecule has 0 aliphatic carbocycles. The van der Waals surface area contributed by atoms with Gasteiger partial charge in [0.25, 0.3) is 5.91 Å². The number of hydrogen-bond donors (Lipinski definition) is 2. The van der Waals surface area contributed by atoms with E-state index in [1.165, 1.54) is 11.3 Å². The molecule has 4 aromatic rings. The number of nitrogens with zero attached hydrogens (tertiary/aromatic N) is 2. The van der Waals surface area contributed by atoms with Crippen LogP contribution >= 0.6 is 22.9 Å². The van der Waals surface area contributed by atoms with Crippen molar-refractivity contribution in [2.75, 3.05) is 0 Å². The van der Waals surface area contributed by atoms with Gasteiger partial charge in [0.2, 0.25) is 0 Å². The molecule has 0 saturated heterocycles. The molecule has 0 fully saturated rings. The summed E-state index contributed by atoms with van der Waals surface area (Å²) in [5, 5.41) is 9.73. The van der Waals surface area contributed by atoms with E-state index in [0.717, 1.165) is 21.8 Å². The van der Waals surface area contributed by atoms with Crippen LogP contribution in [0.5, 0.6) is 5.75 Å². The summed E-state index contributed by atoms with van der Waals surface area (Å²) >= 11 is 7.59. The van der Waals surface area contributed by atoms with Crippen molar-refractivity contribution < 1.29 is 14.6 Å². The van der Waals surface area contributed by atoms with Crippen LogP contribution in [-0.2, 0) is 6.61 Å². The van der Waals surface area contributed by atoms with Gasteiger partial charge in [-0.2, -0.15) is 0 Å². The summed E-state index contributed by atoms with van der Waals surface area (Å²) in [5.41, 5.74) is 8.72. The highest BCUT2D eigenvalue weighted by atomic mass is 35.5. The van der Waals surface area contributed by atoms with Crippen LogP contribution in [0.4, 0.5) is 0 Å². The molecule has 0 aliphatic heterocycles. The summed E-state index contributed by atoms with van der Waals surface area (Å²) in [4.78, 5) is 17.6. The molecule has 3 heterocycles. The first kappa shape index (κ1) is 19.4. The first-order chi connectivity index (χ1) is 14.0. The van der Waals surface area contributed by atoms with Gasteiger partial charge in [-0.3, -0.25) is 9.20 Å². The van der Waals surface area contributed by atoms with Crippen LogP contribution in [0, 0.1) is 0 Å². The van der Waals surface area contributed by atoms with E-state index < -0.39 is 12.0 Å². The zero-order valence-corrected chi connectivity index (χ0v) is 17.1. The number of imidazole rings is 1. The van der Waals surface area contributed by atoms with Crippen LogP contribution in [0.15, 0.2) is 54.9 Å². The number of aliphatic hydroxyl groups excluding tert-OH is 1. The van der Waals surface area contributed by atoms with Crippen molar-refractivity contribution in [1.29, 1.82) is 0 Å². The van der Waals surface area contributed by atoms with Gasteiger partial charge in [0.05, 0.1) is 23.4 Å². The Morgan fingerprint density at radius 1 is 1.34 bits per heavy atom.